The van der Waals surface area contributed by atoms with Gasteiger partial charge in [0.25, 0.3) is 5.91 Å². The molecule has 2 heterocycles. The summed E-state index contributed by atoms with van der Waals surface area (Å²) in [7, 11) is 1.40. The van der Waals surface area contributed by atoms with Crippen molar-refractivity contribution in [3.05, 3.63) is 46.7 Å². The Labute approximate surface area is 186 Å². The summed E-state index contributed by atoms with van der Waals surface area (Å²) in [4.78, 5) is 24.1. The van der Waals surface area contributed by atoms with Crippen LogP contribution in [0.1, 0.15) is 40.6 Å². The molecule has 0 radical (unpaired) electrons. The van der Waals surface area contributed by atoms with Gasteiger partial charge in [-0.05, 0) is 43.1 Å². The smallest absolute Gasteiger partial charge is 0.305 e. The summed E-state index contributed by atoms with van der Waals surface area (Å²) in [5.74, 6) is -1.85. The largest absolute Gasteiger partial charge is 0.450 e. The Morgan fingerprint density at radius 1 is 1.28 bits per heavy atom. The number of amidine groups is 1. The van der Waals surface area contributed by atoms with Crippen LogP contribution < -0.4 is 5.32 Å². The van der Waals surface area contributed by atoms with Crippen LogP contribution in [0.15, 0.2) is 34.8 Å². The molecule has 0 aliphatic carbocycles. The van der Waals surface area contributed by atoms with Crippen LogP contribution >= 0.6 is 11.5 Å². The Morgan fingerprint density at radius 3 is 2.53 bits per heavy atom. The normalized spacial score (nSPS) is 12.1. The predicted octanol–water partition coefficient (Wildman–Crippen LogP) is 4.51. The lowest BCUT2D eigenvalue weighted by molar-refractivity contribution is -0.145. The first-order valence-corrected chi connectivity index (χ1v) is 10.3. The van der Waals surface area contributed by atoms with Crippen LogP contribution in [0.25, 0.3) is 16.9 Å². The molecule has 0 atom stereocenters. The summed E-state index contributed by atoms with van der Waals surface area (Å²) in [6, 6.07) is 4.73. The number of hydrogen-bond acceptors (Lipinski definition) is 7. The molecule has 1 aromatic carbocycles. The van der Waals surface area contributed by atoms with E-state index in [1.54, 1.807) is 26.0 Å². The van der Waals surface area contributed by atoms with Gasteiger partial charge in [0.1, 0.15) is 16.5 Å². The monoisotopic (exact) mass is 465 g/mol. The number of alkyl halides is 3. The number of carbonyl (C=O) groups excluding carboxylic acids is 1. The van der Waals surface area contributed by atoms with Gasteiger partial charge in [0, 0.05) is 7.05 Å². The lowest BCUT2D eigenvalue weighted by Gasteiger charge is -2.11. The molecule has 1 amide bonds. The first-order chi connectivity index (χ1) is 15.1. The number of carbonyl (C=O) groups is 1. The molecule has 12 heteroatoms. The minimum atomic E-state index is -4.71. The zero-order chi connectivity index (χ0) is 24.1. The SMILES string of the molecule is C=C(/N=C\C(=NC)NC(=O)c1snnc1C)n1c(C(F)(F)F)nc2cc(C)ccc21.CC. The lowest BCUT2D eigenvalue weighted by Crippen LogP contribution is -2.31. The first kappa shape index (κ1) is 24.9. The molecule has 0 saturated heterocycles. The molecule has 3 aromatic rings. The first-order valence-electron chi connectivity index (χ1n) is 9.48. The Kier molecular flexibility index (Phi) is 7.97. The molecule has 1 N–H and O–H groups in total. The quantitative estimate of drug-likeness (QED) is 0.453. The molecule has 0 aliphatic heterocycles. The fraction of sp³-hybridized carbons (Fsp3) is 0.300. The molecule has 3 rings (SSSR count). The Morgan fingerprint density at radius 2 is 1.97 bits per heavy atom. The average molecular weight is 466 g/mol. The second kappa shape index (κ2) is 10.3. The van der Waals surface area contributed by atoms with Crippen LogP contribution in [0.5, 0.6) is 0 Å². The van der Waals surface area contributed by atoms with Crippen molar-refractivity contribution in [2.45, 2.75) is 33.9 Å². The number of rotatable bonds is 4. The van der Waals surface area contributed by atoms with Crippen LogP contribution in [-0.2, 0) is 6.18 Å². The number of hydrogen-bond donors (Lipinski definition) is 1. The van der Waals surface area contributed by atoms with Crippen LogP contribution in [0.4, 0.5) is 13.2 Å². The number of nitrogens with one attached hydrogen (secondary N) is 1. The van der Waals surface area contributed by atoms with Crippen molar-refractivity contribution in [1.29, 1.82) is 0 Å². The third-order valence-corrected chi connectivity index (χ3v) is 4.82. The Balaban J connectivity index is 0.00000176. The molecule has 0 saturated carbocycles. The molecule has 32 heavy (non-hydrogen) atoms. The van der Waals surface area contributed by atoms with Crippen molar-refractivity contribution in [3.8, 4) is 0 Å². The summed E-state index contributed by atoms with van der Waals surface area (Å²) in [6.07, 6.45) is -3.60. The molecule has 0 fully saturated rings. The summed E-state index contributed by atoms with van der Waals surface area (Å²) in [5, 5.41) is 6.25. The highest BCUT2D eigenvalue weighted by Crippen LogP contribution is 2.33. The zero-order valence-corrected chi connectivity index (χ0v) is 19.0. The van der Waals surface area contributed by atoms with E-state index in [-0.39, 0.29) is 22.7 Å². The van der Waals surface area contributed by atoms with Crippen molar-refractivity contribution in [2.75, 3.05) is 7.05 Å². The highest BCUT2D eigenvalue weighted by molar-refractivity contribution is 7.08. The predicted molar refractivity (Wildman–Crippen MR) is 120 cm³/mol. The van der Waals surface area contributed by atoms with E-state index in [0.29, 0.717) is 10.6 Å². The van der Waals surface area contributed by atoms with Gasteiger partial charge < -0.3 is 5.32 Å². The van der Waals surface area contributed by atoms with Crippen molar-refractivity contribution < 1.29 is 18.0 Å². The number of amides is 1. The summed E-state index contributed by atoms with van der Waals surface area (Å²) < 4.78 is 45.0. The molecule has 8 nitrogen and oxygen atoms in total. The van der Waals surface area contributed by atoms with Crippen LogP contribution in [-0.4, -0.2) is 44.1 Å². The van der Waals surface area contributed by atoms with Gasteiger partial charge in [0.15, 0.2) is 0 Å². The summed E-state index contributed by atoms with van der Waals surface area (Å²) in [5.41, 5.74) is 1.60. The third-order valence-electron chi connectivity index (χ3n) is 4.00. The second-order valence-corrected chi connectivity index (χ2v) is 6.94. The van der Waals surface area contributed by atoms with E-state index in [9.17, 15) is 18.0 Å². The van der Waals surface area contributed by atoms with Gasteiger partial charge in [-0.1, -0.05) is 31.0 Å². The third kappa shape index (κ3) is 5.44. The molecule has 0 spiro atoms. The van der Waals surface area contributed by atoms with E-state index >= 15 is 0 Å². The fourth-order valence-corrected chi connectivity index (χ4v) is 3.15. The van der Waals surface area contributed by atoms with Crippen LogP contribution in [0, 0.1) is 13.8 Å². The average Bonchev–Trinajstić information content (AvgIpc) is 3.35. The number of fused-ring (bicyclic) bond motifs is 1. The van der Waals surface area contributed by atoms with Crippen molar-refractivity contribution in [3.63, 3.8) is 0 Å². The van der Waals surface area contributed by atoms with Gasteiger partial charge in [0.2, 0.25) is 5.82 Å². The Bertz CT molecular complexity index is 1190. The summed E-state index contributed by atoms with van der Waals surface area (Å²) >= 11 is 0.912. The van der Waals surface area contributed by atoms with Gasteiger partial charge in [-0.2, -0.15) is 13.2 Å². The minimum Gasteiger partial charge on any atom is -0.305 e. The van der Waals surface area contributed by atoms with Crippen molar-refractivity contribution in [2.24, 2.45) is 9.98 Å². The van der Waals surface area contributed by atoms with E-state index in [2.05, 4.69) is 36.5 Å². The van der Waals surface area contributed by atoms with Crippen LogP contribution in [0.2, 0.25) is 0 Å². The molecule has 0 aliphatic rings. The van der Waals surface area contributed by atoms with Gasteiger partial charge in [-0.25, -0.2) is 9.98 Å². The van der Waals surface area contributed by atoms with Crippen molar-refractivity contribution in [1.82, 2.24) is 24.5 Å². The zero-order valence-electron chi connectivity index (χ0n) is 18.2. The van der Waals surface area contributed by atoms with Gasteiger partial charge >= 0.3 is 6.18 Å². The van der Waals surface area contributed by atoms with Gasteiger partial charge in [-0.3, -0.25) is 14.4 Å². The molecular formula is C20H22F3N7OS. The highest BCUT2D eigenvalue weighted by atomic mass is 32.1. The molecule has 0 bridgehead atoms. The number of aliphatic imine (C=N–C) groups is 2. The Hall–Kier alpha value is -3.41. The number of halogens is 3. The van der Waals surface area contributed by atoms with Crippen LogP contribution in [0.3, 0.4) is 0 Å². The van der Waals surface area contributed by atoms with Gasteiger partial charge in [0.05, 0.1) is 22.9 Å². The molecule has 2 aromatic heterocycles. The lowest BCUT2D eigenvalue weighted by atomic mass is 10.2. The number of aromatic nitrogens is 4. The van der Waals surface area contributed by atoms with E-state index in [1.807, 2.05) is 13.8 Å². The summed E-state index contributed by atoms with van der Waals surface area (Å²) in [6.45, 7) is 11.0. The fourth-order valence-electron chi connectivity index (χ4n) is 2.59. The van der Waals surface area contributed by atoms with E-state index in [1.165, 1.54) is 13.1 Å². The minimum absolute atomic E-state index is 0.0303. The van der Waals surface area contributed by atoms with E-state index < -0.39 is 17.9 Å². The maximum Gasteiger partial charge on any atom is 0.450 e. The highest BCUT2D eigenvalue weighted by Gasteiger charge is 2.38. The molecular weight excluding hydrogens is 443 g/mol. The molecule has 0 unspecified atom stereocenters. The maximum absolute atomic E-state index is 13.5. The van der Waals surface area contributed by atoms with E-state index in [4.69, 9.17) is 0 Å². The second-order valence-electron chi connectivity index (χ2n) is 6.19. The topological polar surface area (TPSA) is 97.4 Å². The van der Waals surface area contributed by atoms with Gasteiger partial charge in [-0.15, -0.1) is 5.10 Å². The number of benzene rings is 1. The number of imidazole rings is 1. The number of aryl methyl sites for hydroxylation is 2. The standard InChI is InChI=1S/C18H16F3N7OS.C2H6/c1-9-5-6-13-12(7-9)24-17(18(19,20)21)28(13)11(3)23-8-14(22-4)25-16(29)15-10(2)26-27-30-15;1-2/h5-8H,3H2,1-2,4H3,(H,22,25,29);1-2H3/b23-8-;. The number of nitrogens with zero attached hydrogens (tertiary/aromatic N) is 6. The molecule has 170 valence electrons. The maximum atomic E-state index is 13.5. The van der Waals surface area contributed by atoms with Crippen molar-refractivity contribution >= 4 is 46.3 Å². The van der Waals surface area contributed by atoms with E-state index in [0.717, 1.165) is 27.9 Å².